The number of nitrogens with two attached hydrogens (primary N) is 1. The van der Waals surface area contributed by atoms with Gasteiger partial charge < -0.3 is 20.6 Å². The predicted molar refractivity (Wildman–Crippen MR) is 121 cm³/mol. The highest BCUT2D eigenvalue weighted by atomic mass is 32.2. The summed E-state index contributed by atoms with van der Waals surface area (Å²) in [6.07, 6.45) is 0. The minimum absolute atomic E-state index is 0.131. The van der Waals surface area contributed by atoms with Crippen LogP contribution >= 0.6 is 11.8 Å². The molecule has 0 fully saturated rings. The number of nitrogens with one attached hydrogen (secondary N) is 1. The molecule has 1 amide bonds. The normalized spacial score (nSPS) is 10.7. The van der Waals surface area contributed by atoms with Gasteiger partial charge in [-0.05, 0) is 61.7 Å². The number of carbonyl (C=O) groups is 1. The monoisotopic (exact) mass is 441 g/mol. The van der Waals surface area contributed by atoms with Crippen molar-refractivity contribution in [1.82, 2.24) is 20.2 Å². The lowest BCUT2D eigenvalue weighted by atomic mass is 10.1. The van der Waals surface area contributed by atoms with Crippen LogP contribution in [0.4, 0.5) is 0 Å². The Labute approximate surface area is 186 Å². The molecule has 3 N–H and O–H groups in total. The Balaban J connectivity index is 1.40. The van der Waals surface area contributed by atoms with E-state index in [1.165, 1.54) is 16.4 Å². The van der Waals surface area contributed by atoms with Crippen LogP contribution in [-0.2, 0) is 11.4 Å². The Morgan fingerprint density at radius 2 is 1.77 bits per heavy atom. The van der Waals surface area contributed by atoms with Gasteiger partial charge in [-0.3, -0.25) is 4.79 Å². The number of carbonyl (C=O) groups excluding carboxylic acids is 1. The highest BCUT2D eigenvalue weighted by Gasteiger charge is 2.13. The first-order chi connectivity index (χ1) is 14.9. The molecule has 3 aromatic rings. The first-order valence-corrected chi connectivity index (χ1v) is 10.9. The van der Waals surface area contributed by atoms with Gasteiger partial charge in [0.05, 0.1) is 12.3 Å². The van der Waals surface area contributed by atoms with E-state index in [9.17, 15) is 4.79 Å². The van der Waals surface area contributed by atoms with E-state index in [-0.39, 0.29) is 18.3 Å². The van der Waals surface area contributed by atoms with E-state index in [4.69, 9.17) is 15.3 Å². The molecule has 8 nitrogen and oxygen atoms in total. The molecule has 31 heavy (non-hydrogen) atoms. The fraction of sp³-hybridized carbons (Fsp3) is 0.318. The van der Waals surface area contributed by atoms with Crippen molar-refractivity contribution in [1.29, 1.82) is 0 Å². The number of ether oxygens (including phenoxy) is 2. The van der Waals surface area contributed by atoms with Crippen LogP contribution in [0.1, 0.15) is 22.5 Å². The van der Waals surface area contributed by atoms with Crippen molar-refractivity contribution in [3.63, 3.8) is 0 Å². The summed E-state index contributed by atoms with van der Waals surface area (Å²) in [5, 5.41) is 11.4. The molecule has 1 aromatic heterocycles. The first-order valence-electron chi connectivity index (χ1n) is 9.90. The second kappa shape index (κ2) is 10.7. The number of hydrogen-bond acceptors (Lipinski definition) is 7. The van der Waals surface area contributed by atoms with Gasteiger partial charge in [0.2, 0.25) is 11.1 Å². The third-order valence-corrected chi connectivity index (χ3v) is 5.26. The van der Waals surface area contributed by atoms with Crippen LogP contribution in [0.5, 0.6) is 11.5 Å². The van der Waals surface area contributed by atoms with Gasteiger partial charge >= 0.3 is 0 Å². The van der Waals surface area contributed by atoms with Gasteiger partial charge in [0, 0.05) is 0 Å². The fourth-order valence-electron chi connectivity index (χ4n) is 2.91. The maximum absolute atomic E-state index is 12.1. The number of amides is 1. The number of nitrogens with zero attached hydrogens (tertiary/aromatic N) is 3. The zero-order valence-electron chi connectivity index (χ0n) is 17.9. The number of hydrogen-bond donors (Lipinski definition) is 2. The number of thioether (sulfide) groups is 1. The van der Waals surface area contributed by atoms with Crippen molar-refractivity contribution in [2.24, 2.45) is 0 Å². The van der Waals surface area contributed by atoms with E-state index in [0.717, 1.165) is 28.2 Å². The second-order valence-corrected chi connectivity index (χ2v) is 8.13. The van der Waals surface area contributed by atoms with Crippen LogP contribution in [0.3, 0.4) is 0 Å². The molecule has 1 heterocycles. The Hall–Kier alpha value is -3.20. The minimum atomic E-state index is -0.131. The average Bonchev–Trinajstić information content (AvgIpc) is 3.07. The molecule has 0 aliphatic rings. The molecule has 0 saturated carbocycles. The van der Waals surface area contributed by atoms with Crippen LogP contribution in [-0.4, -0.2) is 39.7 Å². The van der Waals surface area contributed by atoms with Gasteiger partial charge in [0.15, 0.2) is 5.82 Å². The van der Waals surface area contributed by atoms with Gasteiger partial charge in [-0.2, -0.15) is 0 Å². The average molecular weight is 442 g/mol. The lowest BCUT2D eigenvalue weighted by Gasteiger charge is -2.09. The smallest absolute Gasteiger partial charge is 0.230 e. The van der Waals surface area contributed by atoms with Crippen LogP contribution in [0.2, 0.25) is 0 Å². The van der Waals surface area contributed by atoms with Crippen LogP contribution in [0.25, 0.3) is 0 Å². The van der Waals surface area contributed by atoms with Crippen molar-refractivity contribution >= 4 is 17.7 Å². The lowest BCUT2D eigenvalue weighted by Crippen LogP contribution is -2.29. The van der Waals surface area contributed by atoms with Crippen molar-refractivity contribution in [2.75, 3.05) is 24.7 Å². The molecule has 0 unspecified atom stereocenters. The van der Waals surface area contributed by atoms with Gasteiger partial charge in [-0.15, -0.1) is 10.2 Å². The third-order valence-electron chi connectivity index (χ3n) is 4.31. The van der Waals surface area contributed by atoms with E-state index >= 15 is 0 Å². The largest absolute Gasteiger partial charge is 0.492 e. The zero-order chi connectivity index (χ0) is 22.2. The SMILES string of the molecule is Cc1cccc(OCCNC(=O)CSc2nnc(COc3cc(C)cc(C)c3)n2N)c1. The summed E-state index contributed by atoms with van der Waals surface area (Å²) < 4.78 is 12.7. The van der Waals surface area contributed by atoms with E-state index in [0.29, 0.717) is 24.1 Å². The van der Waals surface area contributed by atoms with Gasteiger partial charge in [-0.1, -0.05) is 30.0 Å². The third kappa shape index (κ3) is 6.92. The zero-order valence-corrected chi connectivity index (χ0v) is 18.7. The van der Waals surface area contributed by atoms with Crippen molar-refractivity contribution < 1.29 is 14.3 Å². The van der Waals surface area contributed by atoms with Gasteiger partial charge in [0.1, 0.15) is 24.7 Å². The molecule has 0 radical (unpaired) electrons. The van der Waals surface area contributed by atoms with E-state index in [1.807, 2.05) is 57.2 Å². The molecule has 2 aromatic carbocycles. The lowest BCUT2D eigenvalue weighted by molar-refractivity contribution is -0.118. The van der Waals surface area contributed by atoms with Crippen LogP contribution in [0, 0.1) is 20.8 Å². The second-order valence-electron chi connectivity index (χ2n) is 7.18. The standard InChI is InChI=1S/C22H27N5O3S/c1-15-5-4-6-18(10-15)29-8-7-24-21(28)14-31-22-26-25-20(27(22)23)13-30-19-11-16(2)9-17(3)12-19/h4-6,9-12H,7-8,13-14,23H2,1-3H3,(H,24,28). The molecule has 164 valence electrons. The Morgan fingerprint density at radius 3 is 2.52 bits per heavy atom. The molecular weight excluding hydrogens is 414 g/mol. The summed E-state index contributed by atoms with van der Waals surface area (Å²) in [6, 6.07) is 13.8. The van der Waals surface area contributed by atoms with E-state index in [1.54, 1.807) is 0 Å². The summed E-state index contributed by atoms with van der Waals surface area (Å²) in [6.45, 7) is 7.03. The van der Waals surface area contributed by atoms with Crippen molar-refractivity contribution in [3.05, 3.63) is 65.0 Å². The molecule has 0 bridgehead atoms. The molecule has 0 spiro atoms. The summed E-state index contributed by atoms with van der Waals surface area (Å²) in [4.78, 5) is 12.1. The number of aryl methyl sites for hydroxylation is 3. The van der Waals surface area contributed by atoms with Crippen molar-refractivity contribution in [3.8, 4) is 11.5 Å². The quantitative estimate of drug-likeness (QED) is 0.283. The summed E-state index contributed by atoms with van der Waals surface area (Å²) in [7, 11) is 0. The van der Waals surface area contributed by atoms with Crippen LogP contribution < -0.4 is 20.6 Å². The Bertz CT molecular complexity index is 1020. The van der Waals surface area contributed by atoms with Gasteiger partial charge in [0.25, 0.3) is 0 Å². The molecular formula is C22H27N5O3S. The molecule has 3 rings (SSSR count). The highest BCUT2D eigenvalue weighted by Crippen LogP contribution is 2.19. The maximum atomic E-state index is 12.1. The molecule has 0 aliphatic carbocycles. The summed E-state index contributed by atoms with van der Waals surface area (Å²) >= 11 is 1.21. The summed E-state index contributed by atoms with van der Waals surface area (Å²) in [5.74, 6) is 8.12. The highest BCUT2D eigenvalue weighted by molar-refractivity contribution is 7.99. The molecule has 0 saturated heterocycles. The minimum Gasteiger partial charge on any atom is -0.492 e. The topological polar surface area (TPSA) is 104 Å². The van der Waals surface area contributed by atoms with E-state index in [2.05, 4.69) is 21.6 Å². The van der Waals surface area contributed by atoms with Gasteiger partial charge in [-0.25, -0.2) is 4.68 Å². The number of aromatic nitrogens is 3. The Morgan fingerprint density at radius 1 is 1.03 bits per heavy atom. The molecule has 9 heteroatoms. The fourth-order valence-corrected chi connectivity index (χ4v) is 3.62. The number of benzene rings is 2. The Kier molecular flexibility index (Phi) is 7.77. The predicted octanol–water partition coefficient (Wildman–Crippen LogP) is 2.78. The molecule has 0 aliphatic heterocycles. The van der Waals surface area contributed by atoms with Crippen molar-refractivity contribution in [2.45, 2.75) is 32.5 Å². The van der Waals surface area contributed by atoms with E-state index < -0.39 is 0 Å². The summed E-state index contributed by atoms with van der Waals surface area (Å²) in [5.41, 5.74) is 3.37. The van der Waals surface area contributed by atoms with Crippen LogP contribution in [0.15, 0.2) is 47.6 Å². The first kappa shape index (κ1) is 22.5. The number of nitrogen functional groups attached to an aromatic ring is 1. The number of rotatable bonds is 10. The molecule has 0 atom stereocenters. The maximum Gasteiger partial charge on any atom is 0.230 e.